The molecule has 138 valence electrons. The van der Waals surface area contributed by atoms with Crippen LogP contribution in [0.4, 0.5) is 5.69 Å². The van der Waals surface area contributed by atoms with Crippen LogP contribution >= 0.6 is 0 Å². The molecule has 3 rings (SSSR count). The molecule has 0 aliphatic carbocycles. The van der Waals surface area contributed by atoms with Gasteiger partial charge in [-0.3, -0.25) is 9.69 Å². The monoisotopic (exact) mass is 347 g/mol. The Labute approximate surface area is 150 Å². The van der Waals surface area contributed by atoms with Crippen molar-refractivity contribution in [2.45, 2.75) is 6.92 Å². The van der Waals surface area contributed by atoms with Crippen molar-refractivity contribution in [3.63, 3.8) is 0 Å². The molecule has 1 amide bonds. The third kappa shape index (κ3) is 4.93. The van der Waals surface area contributed by atoms with Crippen molar-refractivity contribution in [1.29, 1.82) is 0 Å². The molecule has 1 aromatic rings. The lowest BCUT2D eigenvalue weighted by molar-refractivity contribution is -0.133. The molecule has 1 N–H and O–H groups in total. The molecule has 0 spiro atoms. The molecule has 1 aromatic carbocycles. The Balaban J connectivity index is 1.49. The predicted molar refractivity (Wildman–Crippen MR) is 97.8 cm³/mol. The molecular formula is C19H29N3O3. The Morgan fingerprint density at radius 2 is 2.04 bits per heavy atom. The summed E-state index contributed by atoms with van der Waals surface area (Å²) in [5.41, 5.74) is 2.54. The van der Waals surface area contributed by atoms with E-state index in [0.29, 0.717) is 32.8 Å². The van der Waals surface area contributed by atoms with E-state index in [-0.39, 0.29) is 18.4 Å². The molecule has 2 aliphatic rings. The lowest BCUT2D eigenvalue weighted by atomic mass is 10.1. The number of ether oxygens (including phenoxy) is 1. The molecule has 6 nitrogen and oxygen atoms in total. The van der Waals surface area contributed by atoms with Crippen LogP contribution in [-0.2, 0) is 9.53 Å². The van der Waals surface area contributed by atoms with E-state index in [0.717, 1.165) is 26.2 Å². The quantitative estimate of drug-likeness (QED) is 0.864. The van der Waals surface area contributed by atoms with Crippen molar-refractivity contribution in [3.8, 4) is 0 Å². The Bertz CT molecular complexity index is 573. The molecule has 2 heterocycles. The van der Waals surface area contributed by atoms with E-state index in [1.807, 2.05) is 4.90 Å². The third-order valence-electron chi connectivity index (χ3n) is 5.05. The number of hydrogen-bond donors (Lipinski definition) is 1. The second-order valence-corrected chi connectivity index (χ2v) is 7.07. The Morgan fingerprint density at radius 1 is 1.24 bits per heavy atom. The number of rotatable bonds is 4. The van der Waals surface area contributed by atoms with Crippen molar-refractivity contribution >= 4 is 11.6 Å². The number of carbonyl (C=O) groups is 1. The van der Waals surface area contributed by atoms with Crippen LogP contribution in [0.15, 0.2) is 24.3 Å². The van der Waals surface area contributed by atoms with E-state index in [4.69, 9.17) is 4.74 Å². The average molecular weight is 347 g/mol. The van der Waals surface area contributed by atoms with Gasteiger partial charge in [0.25, 0.3) is 0 Å². The number of anilines is 1. The van der Waals surface area contributed by atoms with Crippen LogP contribution < -0.4 is 4.90 Å². The molecule has 2 saturated heterocycles. The van der Waals surface area contributed by atoms with Gasteiger partial charge in [0.15, 0.2) is 0 Å². The summed E-state index contributed by atoms with van der Waals surface area (Å²) in [6.07, 6.45) is 0. The van der Waals surface area contributed by atoms with Gasteiger partial charge in [0.1, 0.15) is 0 Å². The number of amides is 1. The smallest absolute Gasteiger partial charge is 0.236 e. The standard InChI is InChI=1S/C19H29N3O3/c1-16-3-2-4-18(11-16)21-7-5-20(6-8-21)13-19(24)22-9-10-25-15-17(12-22)14-23/h2-4,11,17,23H,5-10,12-15H2,1H3/t17-/m1/s1. The van der Waals surface area contributed by atoms with Crippen molar-refractivity contribution in [3.05, 3.63) is 29.8 Å². The first-order valence-corrected chi connectivity index (χ1v) is 9.16. The summed E-state index contributed by atoms with van der Waals surface area (Å²) >= 11 is 0. The largest absolute Gasteiger partial charge is 0.396 e. The maximum Gasteiger partial charge on any atom is 0.236 e. The summed E-state index contributed by atoms with van der Waals surface area (Å²) in [4.78, 5) is 19.1. The van der Waals surface area contributed by atoms with Crippen LogP contribution in [-0.4, -0.2) is 86.4 Å². The number of aliphatic hydroxyl groups is 1. The van der Waals surface area contributed by atoms with Gasteiger partial charge in [-0.05, 0) is 24.6 Å². The van der Waals surface area contributed by atoms with Crippen molar-refractivity contribution in [2.75, 3.05) is 70.5 Å². The molecular weight excluding hydrogens is 318 g/mol. The maximum absolute atomic E-state index is 12.6. The van der Waals surface area contributed by atoms with Crippen LogP contribution in [0.25, 0.3) is 0 Å². The SMILES string of the molecule is Cc1cccc(N2CCN(CC(=O)N3CCOC[C@@H](CO)C3)CC2)c1. The minimum absolute atomic E-state index is 0.0321. The number of nitrogens with zero attached hydrogens (tertiary/aromatic N) is 3. The normalized spacial score (nSPS) is 22.7. The number of aryl methyl sites for hydroxylation is 1. The summed E-state index contributed by atoms with van der Waals surface area (Å²) in [6.45, 7) is 8.64. The number of piperazine rings is 1. The zero-order chi connectivity index (χ0) is 17.6. The highest BCUT2D eigenvalue weighted by Crippen LogP contribution is 2.18. The molecule has 0 saturated carbocycles. The van der Waals surface area contributed by atoms with Gasteiger partial charge >= 0.3 is 0 Å². The van der Waals surface area contributed by atoms with Crippen molar-refractivity contribution in [1.82, 2.24) is 9.80 Å². The summed E-state index contributed by atoms with van der Waals surface area (Å²) in [5.74, 6) is 0.178. The van der Waals surface area contributed by atoms with Crippen LogP contribution in [0, 0.1) is 12.8 Å². The number of aliphatic hydroxyl groups excluding tert-OH is 1. The van der Waals surface area contributed by atoms with E-state index in [2.05, 4.69) is 41.0 Å². The zero-order valence-electron chi connectivity index (χ0n) is 15.1. The highest BCUT2D eigenvalue weighted by atomic mass is 16.5. The Morgan fingerprint density at radius 3 is 2.76 bits per heavy atom. The number of benzene rings is 1. The van der Waals surface area contributed by atoms with Crippen LogP contribution in [0.1, 0.15) is 5.56 Å². The minimum atomic E-state index is 0.0321. The van der Waals surface area contributed by atoms with E-state index in [1.165, 1.54) is 11.3 Å². The Hall–Kier alpha value is -1.63. The lowest BCUT2D eigenvalue weighted by Crippen LogP contribution is -2.50. The van der Waals surface area contributed by atoms with Gasteiger partial charge in [-0.15, -0.1) is 0 Å². The van der Waals surface area contributed by atoms with Gasteiger partial charge < -0.3 is 19.6 Å². The minimum Gasteiger partial charge on any atom is -0.396 e. The molecule has 6 heteroatoms. The molecule has 1 atom stereocenters. The number of hydrogen-bond acceptors (Lipinski definition) is 5. The molecule has 0 aromatic heterocycles. The fraction of sp³-hybridized carbons (Fsp3) is 0.632. The molecule has 25 heavy (non-hydrogen) atoms. The average Bonchev–Trinajstić information content (AvgIpc) is 2.88. The fourth-order valence-electron chi connectivity index (χ4n) is 3.50. The summed E-state index contributed by atoms with van der Waals surface area (Å²) in [5, 5.41) is 9.36. The number of carbonyl (C=O) groups excluding carboxylic acids is 1. The van der Waals surface area contributed by atoms with E-state index in [1.54, 1.807) is 0 Å². The van der Waals surface area contributed by atoms with Gasteiger partial charge in [-0.1, -0.05) is 12.1 Å². The van der Waals surface area contributed by atoms with Gasteiger partial charge in [-0.2, -0.15) is 0 Å². The van der Waals surface area contributed by atoms with E-state index >= 15 is 0 Å². The van der Waals surface area contributed by atoms with Crippen molar-refractivity contribution in [2.24, 2.45) is 5.92 Å². The van der Waals surface area contributed by atoms with Crippen molar-refractivity contribution < 1.29 is 14.6 Å². The Kier molecular flexibility index (Phi) is 6.29. The van der Waals surface area contributed by atoms with E-state index < -0.39 is 0 Å². The lowest BCUT2D eigenvalue weighted by Gasteiger charge is -2.36. The highest BCUT2D eigenvalue weighted by molar-refractivity contribution is 5.78. The first-order valence-electron chi connectivity index (χ1n) is 9.16. The molecule has 0 unspecified atom stereocenters. The first kappa shape index (κ1) is 18.2. The summed E-state index contributed by atoms with van der Waals surface area (Å²) < 4.78 is 5.47. The molecule has 2 fully saturated rings. The highest BCUT2D eigenvalue weighted by Gasteiger charge is 2.25. The second-order valence-electron chi connectivity index (χ2n) is 7.07. The molecule has 2 aliphatic heterocycles. The topological polar surface area (TPSA) is 56.2 Å². The predicted octanol–water partition coefficient (Wildman–Crippen LogP) is 0.584. The second kappa shape index (κ2) is 8.65. The fourth-order valence-corrected chi connectivity index (χ4v) is 3.50. The van der Waals surface area contributed by atoms with Gasteiger partial charge in [0.2, 0.25) is 5.91 Å². The molecule has 0 radical (unpaired) electrons. The summed E-state index contributed by atoms with van der Waals surface area (Å²) in [7, 11) is 0. The molecule has 0 bridgehead atoms. The van der Waals surface area contributed by atoms with E-state index in [9.17, 15) is 9.90 Å². The van der Waals surface area contributed by atoms with Gasteiger partial charge in [-0.25, -0.2) is 0 Å². The van der Waals surface area contributed by atoms with Crippen LogP contribution in [0.3, 0.4) is 0 Å². The van der Waals surface area contributed by atoms with Crippen LogP contribution in [0.2, 0.25) is 0 Å². The zero-order valence-corrected chi connectivity index (χ0v) is 15.1. The maximum atomic E-state index is 12.6. The first-order chi connectivity index (χ1) is 12.2. The van der Waals surface area contributed by atoms with Gasteiger partial charge in [0, 0.05) is 57.5 Å². The van der Waals surface area contributed by atoms with Gasteiger partial charge in [0.05, 0.1) is 19.8 Å². The summed E-state index contributed by atoms with van der Waals surface area (Å²) in [6, 6.07) is 8.58. The van der Waals surface area contributed by atoms with Crippen LogP contribution in [0.5, 0.6) is 0 Å². The third-order valence-corrected chi connectivity index (χ3v) is 5.05.